The van der Waals surface area contributed by atoms with Gasteiger partial charge in [0.1, 0.15) is 5.78 Å². The molecule has 1 rings (SSSR count). The Bertz CT molecular complexity index is 351. The predicted octanol–water partition coefficient (Wildman–Crippen LogP) is 2.86. The largest absolute Gasteiger partial charge is 0.298 e. The number of hydrogen-bond donors (Lipinski definition) is 0. The van der Waals surface area contributed by atoms with Crippen LogP contribution in [0.4, 0.5) is 0 Å². The Morgan fingerprint density at radius 3 is 2.60 bits per heavy atom. The van der Waals surface area contributed by atoms with Gasteiger partial charge >= 0.3 is 0 Å². The van der Waals surface area contributed by atoms with E-state index in [1.54, 1.807) is 6.92 Å². The van der Waals surface area contributed by atoms with Crippen LogP contribution in [0, 0.1) is 0 Å². The van der Waals surface area contributed by atoms with Crippen molar-refractivity contribution in [3.63, 3.8) is 0 Å². The molecule has 0 fully saturated rings. The summed E-state index contributed by atoms with van der Waals surface area (Å²) in [4.78, 5) is 13.3. The zero-order valence-corrected chi connectivity index (χ0v) is 10.9. The van der Waals surface area contributed by atoms with Crippen LogP contribution in [0.5, 0.6) is 0 Å². The van der Waals surface area contributed by atoms with E-state index in [0.717, 1.165) is 11.0 Å². The number of ketones is 1. The molecule has 0 amide bonds. The van der Waals surface area contributed by atoms with E-state index >= 15 is 0 Å². The summed E-state index contributed by atoms with van der Waals surface area (Å²) in [5.74, 6) is 0.199. The topological polar surface area (TPSA) is 20.3 Å². The average molecular weight is 270 g/mol. The first-order valence-electron chi connectivity index (χ1n) is 4.96. The van der Waals surface area contributed by atoms with Crippen molar-refractivity contribution in [2.24, 2.45) is 0 Å². The van der Waals surface area contributed by atoms with E-state index in [9.17, 15) is 4.79 Å². The minimum Gasteiger partial charge on any atom is -0.298 e. The van der Waals surface area contributed by atoms with E-state index in [0.29, 0.717) is 0 Å². The second kappa shape index (κ2) is 5.42. The molecule has 0 heterocycles. The number of benzene rings is 1. The fraction of sp³-hybridized carbons (Fsp3) is 0.417. The fourth-order valence-corrected chi connectivity index (χ4v) is 1.75. The molecular formula is C12H16BrNO. The van der Waals surface area contributed by atoms with Crippen molar-refractivity contribution < 1.29 is 4.79 Å². The monoisotopic (exact) mass is 269 g/mol. The quantitative estimate of drug-likeness (QED) is 0.838. The van der Waals surface area contributed by atoms with Crippen molar-refractivity contribution in [2.45, 2.75) is 26.4 Å². The summed E-state index contributed by atoms with van der Waals surface area (Å²) in [6, 6.07) is 8.04. The van der Waals surface area contributed by atoms with Crippen molar-refractivity contribution in [1.82, 2.24) is 4.90 Å². The molecule has 1 atom stereocenters. The molecule has 2 nitrogen and oxygen atoms in total. The number of rotatable bonds is 4. The maximum absolute atomic E-state index is 11.2. The molecule has 0 saturated carbocycles. The van der Waals surface area contributed by atoms with E-state index in [-0.39, 0.29) is 11.8 Å². The average Bonchev–Trinajstić information content (AvgIpc) is 2.20. The maximum atomic E-state index is 11.2. The molecule has 0 radical (unpaired) electrons. The Kier molecular flexibility index (Phi) is 4.48. The van der Waals surface area contributed by atoms with Crippen LogP contribution in [0.2, 0.25) is 0 Å². The van der Waals surface area contributed by atoms with Crippen molar-refractivity contribution in [3.05, 3.63) is 34.3 Å². The molecule has 0 saturated heterocycles. The minimum atomic E-state index is -0.0305. The molecule has 0 bridgehead atoms. The van der Waals surface area contributed by atoms with Gasteiger partial charge in [-0.3, -0.25) is 9.69 Å². The van der Waals surface area contributed by atoms with Gasteiger partial charge in [0.2, 0.25) is 0 Å². The first-order chi connectivity index (χ1) is 7.02. The van der Waals surface area contributed by atoms with Gasteiger partial charge in [-0.15, -0.1) is 0 Å². The number of nitrogens with zero attached hydrogens (tertiary/aromatic N) is 1. The molecular weight excluding hydrogens is 254 g/mol. The number of likely N-dealkylation sites (N-methyl/N-ethyl adjacent to an activating group) is 1. The molecule has 1 unspecified atom stereocenters. The zero-order valence-electron chi connectivity index (χ0n) is 9.33. The van der Waals surface area contributed by atoms with Crippen molar-refractivity contribution in [2.75, 3.05) is 7.05 Å². The van der Waals surface area contributed by atoms with Gasteiger partial charge in [-0.1, -0.05) is 34.1 Å². The highest BCUT2D eigenvalue weighted by Gasteiger charge is 2.14. The van der Waals surface area contributed by atoms with Gasteiger partial charge < -0.3 is 0 Å². The lowest BCUT2D eigenvalue weighted by Gasteiger charge is -2.22. The summed E-state index contributed by atoms with van der Waals surface area (Å²) in [5, 5.41) is 0. The van der Waals surface area contributed by atoms with E-state index < -0.39 is 0 Å². The standard InChI is InChI=1S/C12H16BrNO/c1-9(10(2)15)14(3)8-11-6-4-5-7-12(11)13/h4-7,9H,8H2,1-3H3. The fourth-order valence-electron chi connectivity index (χ4n) is 1.34. The molecule has 15 heavy (non-hydrogen) atoms. The summed E-state index contributed by atoms with van der Waals surface area (Å²) in [6.07, 6.45) is 0. The second-order valence-corrected chi connectivity index (χ2v) is 4.65. The molecule has 1 aromatic carbocycles. The van der Waals surface area contributed by atoms with E-state index in [2.05, 4.69) is 22.0 Å². The van der Waals surface area contributed by atoms with Crippen LogP contribution in [0.1, 0.15) is 19.4 Å². The lowest BCUT2D eigenvalue weighted by Crippen LogP contribution is -2.34. The Hall–Kier alpha value is -0.670. The first-order valence-corrected chi connectivity index (χ1v) is 5.75. The Morgan fingerprint density at radius 2 is 2.07 bits per heavy atom. The lowest BCUT2D eigenvalue weighted by molar-refractivity contribution is -0.121. The third kappa shape index (κ3) is 3.43. The van der Waals surface area contributed by atoms with Crippen molar-refractivity contribution in [1.29, 1.82) is 0 Å². The lowest BCUT2D eigenvalue weighted by atomic mass is 10.1. The maximum Gasteiger partial charge on any atom is 0.146 e. The Balaban J connectivity index is 2.70. The highest BCUT2D eigenvalue weighted by Crippen LogP contribution is 2.18. The van der Waals surface area contributed by atoms with Gasteiger partial charge in [0.15, 0.2) is 0 Å². The Labute approximate surface area is 99.4 Å². The van der Waals surface area contributed by atoms with E-state index in [1.165, 1.54) is 5.56 Å². The molecule has 0 spiro atoms. The van der Waals surface area contributed by atoms with E-state index in [1.807, 2.05) is 37.1 Å². The molecule has 0 aromatic heterocycles. The van der Waals surface area contributed by atoms with Gasteiger partial charge in [0, 0.05) is 11.0 Å². The third-order valence-corrected chi connectivity index (χ3v) is 3.40. The molecule has 0 aliphatic carbocycles. The number of Topliss-reactive ketones (excluding diaryl/α,β-unsaturated/α-hetero) is 1. The number of hydrogen-bond acceptors (Lipinski definition) is 2. The van der Waals surface area contributed by atoms with Gasteiger partial charge in [0.05, 0.1) is 6.04 Å². The smallest absolute Gasteiger partial charge is 0.146 e. The summed E-state index contributed by atoms with van der Waals surface area (Å²) < 4.78 is 1.09. The highest BCUT2D eigenvalue weighted by molar-refractivity contribution is 9.10. The zero-order chi connectivity index (χ0) is 11.4. The number of carbonyl (C=O) groups is 1. The van der Waals surface area contributed by atoms with Crippen molar-refractivity contribution in [3.8, 4) is 0 Å². The van der Waals surface area contributed by atoms with Crippen LogP contribution >= 0.6 is 15.9 Å². The number of halogens is 1. The normalized spacial score (nSPS) is 12.9. The highest BCUT2D eigenvalue weighted by atomic mass is 79.9. The van der Waals surface area contributed by atoms with Gasteiger partial charge in [-0.2, -0.15) is 0 Å². The molecule has 0 aliphatic heterocycles. The molecule has 82 valence electrons. The van der Waals surface area contributed by atoms with Crippen LogP contribution in [0.15, 0.2) is 28.7 Å². The van der Waals surface area contributed by atoms with Crippen LogP contribution in [-0.4, -0.2) is 23.8 Å². The molecule has 0 aliphatic rings. The molecule has 0 N–H and O–H groups in total. The molecule has 1 aromatic rings. The van der Waals surface area contributed by atoms with Crippen LogP contribution in [0.3, 0.4) is 0 Å². The summed E-state index contributed by atoms with van der Waals surface area (Å²) >= 11 is 3.50. The van der Waals surface area contributed by atoms with Crippen LogP contribution in [-0.2, 0) is 11.3 Å². The summed E-state index contributed by atoms with van der Waals surface area (Å²) in [7, 11) is 1.96. The minimum absolute atomic E-state index is 0.0305. The SMILES string of the molecule is CC(=O)C(C)N(C)Cc1ccccc1Br. The first kappa shape index (κ1) is 12.4. The van der Waals surface area contributed by atoms with Crippen molar-refractivity contribution >= 4 is 21.7 Å². The summed E-state index contributed by atoms with van der Waals surface area (Å²) in [6.45, 7) is 4.34. The predicted molar refractivity (Wildman–Crippen MR) is 65.8 cm³/mol. The summed E-state index contributed by atoms with van der Waals surface area (Å²) in [5.41, 5.74) is 1.20. The van der Waals surface area contributed by atoms with Gasteiger partial charge in [0.25, 0.3) is 0 Å². The Morgan fingerprint density at radius 1 is 1.47 bits per heavy atom. The van der Waals surface area contributed by atoms with Crippen LogP contribution in [0.25, 0.3) is 0 Å². The second-order valence-electron chi connectivity index (χ2n) is 3.79. The third-order valence-electron chi connectivity index (χ3n) is 2.63. The number of carbonyl (C=O) groups excluding carboxylic acids is 1. The van der Waals surface area contributed by atoms with Gasteiger partial charge in [-0.05, 0) is 32.5 Å². The van der Waals surface area contributed by atoms with E-state index in [4.69, 9.17) is 0 Å². The molecule has 3 heteroatoms. The van der Waals surface area contributed by atoms with Gasteiger partial charge in [-0.25, -0.2) is 0 Å². The van der Waals surface area contributed by atoms with Crippen LogP contribution < -0.4 is 0 Å².